The second-order valence-electron chi connectivity index (χ2n) is 4.52. The lowest BCUT2D eigenvalue weighted by molar-refractivity contribution is -0.116. The van der Waals surface area contributed by atoms with Crippen LogP contribution < -0.4 is 0 Å². The Morgan fingerprint density at radius 2 is 2.28 bits per heavy atom. The van der Waals surface area contributed by atoms with Gasteiger partial charge in [-0.25, -0.2) is 4.39 Å². The number of hydrogen-bond donors (Lipinski definition) is 0. The Morgan fingerprint density at radius 1 is 1.50 bits per heavy atom. The maximum atomic E-state index is 13.4. The van der Waals surface area contributed by atoms with E-state index in [9.17, 15) is 9.18 Å². The van der Waals surface area contributed by atoms with Crippen LogP contribution in [-0.4, -0.2) is 29.5 Å². The number of thioether (sulfide) groups is 1. The lowest BCUT2D eigenvalue weighted by Gasteiger charge is -2.12. The van der Waals surface area contributed by atoms with Crippen molar-refractivity contribution in [2.45, 2.75) is 31.1 Å². The Bertz CT molecular complexity index is 422. The number of carbonyl (C=O) groups excluding carboxylic acids is 1. The third kappa shape index (κ3) is 3.56. The Labute approximate surface area is 111 Å². The van der Waals surface area contributed by atoms with Gasteiger partial charge in [0.25, 0.3) is 0 Å². The summed E-state index contributed by atoms with van der Waals surface area (Å²) in [6.07, 6.45) is 1.40. The van der Waals surface area contributed by atoms with Crippen molar-refractivity contribution in [3.8, 4) is 0 Å². The van der Waals surface area contributed by atoms with Crippen molar-refractivity contribution in [2.24, 2.45) is 0 Å². The highest BCUT2D eigenvalue weighted by Gasteiger charge is 2.25. The fraction of sp³-hybridized carbons (Fsp3) is 0.500. The molecule has 0 aromatic heterocycles. The average Bonchev–Trinajstić information content (AvgIpc) is 2.75. The molecule has 0 bridgehead atoms. The van der Waals surface area contributed by atoms with Gasteiger partial charge in [0, 0.05) is 18.3 Å². The summed E-state index contributed by atoms with van der Waals surface area (Å²) in [5.74, 6) is 0.213. The number of carbonyl (C=O) groups is 1. The monoisotopic (exact) mass is 268 g/mol. The number of halogens is 1. The van der Waals surface area contributed by atoms with Crippen LogP contribution in [0.2, 0.25) is 0 Å². The van der Waals surface area contributed by atoms with Gasteiger partial charge in [-0.15, -0.1) is 11.8 Å². The first-order valence-corrected chi connectivity index (χ1v) is 7.20. The molecular formula is C14H17FO2S. The van der Waals surface area contributed by atoms with E-state index >= 15 is 0 Å². The largest absolute Gasteiger partial charge is 0.377 e. The number of Topliss-reactive ketones (excluding diaryl/α,β-unsaturated/α-hetero) is 1. The molecule has 18 heavy (non-hydrogen) atoms. The van der Waals surface area contributed by atoms with Crippen LogP contribution in [0, 0.1) is 5.82 Å². The Kier molecular flexibility index (Phi) is 4.78. The zero-order valence-corrected chi connectivity index (χ0v) is 11.2. The summed E-state index contributed by atoms with van der Waals surface area (Å²) in [6, 6.07) is 6.45. The lowest BCUT2D eigenvalue weighted by Crippen LogP contribution is -2.17. The zero-order chi connectivity index (χ0) is 13.0. The zero-order valence-electron chi connectivity index (χ0n) is 10.4. The molecule has 2 nitrogen and oxygen atoms in total. The minimum atomic E-state index is -0.298. The Balaban J connectivity index is 1.80. The summed E-state index contributed by atoms with van der Waals surface area (Å²) in [7, 11) is 0. The highest BCUT2D eigenvalue weighted by atomic mass is 32.2. The topological polar surface area (TPSA) is 26.3 Å². The summed E-state index contributed by atoms with van der Waals surface area (Å²) in [5, 5.41) is 0.398. The van der Waals surface area contributed by atoms with Crippen molar-refractivity contribution in [3.05, 3.63) is 35.6 Å². The third-order valence-corrected chi connectivity index (χ3v) is 4.65. The molecule has 0 saturated carbocycles. The molecule has 0 N–H and O–H groups in total. The van der Waals surface area contributed by atoms with Crippen LogP contribution in [0.5, 0.6) is 0 Å². The first-order chi connectivity index (χ1) is 8.66. The van der Waals surface area contributed by atoms with Gasteiger partial charge in [-0.2, -0.15) is 0 Å². The number of ketones is 1. The Hall–Kier alpha value is -0.870. The van der Waals surface area contributed by atoms with Crippen LogP contribution in [-0.2, 0) is 16.0 Å². The normalized spacial score (nSPS) is 23.2. The molecule has 2 atom stereocenters. The summed E-state index contributed by atoms with van der Waals surface area (Å²) in [4.78, 5) is 11.8. The minimum absolute atomic E-state index is 0.0733. The molecule has 1 aliphatic rings. The Morgan fingerprint density at radius 3 is 2.94 bits per heavy atom. The van der Waals surface area contributed by atoms with Crippen molar-refractivity contribution in [2.75, 3.05) is 12.4 Å². The molecule has 4 heteroatoms. The summed E-state index contributed by atoms with van der Waals surface area (Å²) in [5.41, 5.74) is 0.485. The molecule has 1 heterocycles. The first-order valence-electron chi connectivity index (χ1n) is 6.15. The fourth-order valence-electron chi connectivity index (χ4n) is 2.04. The lowest BCUT2D eigenvalue weighted by atomic mass is 10.1. The second kappa shape index (κ2) is 6.34. The van der Waals surface area contributed by atoms with E-state index in [-0.39, 0.29) is 24.1 Å². The van der Waals surface area contributed by atoms with Crippen LogP contribution in [0.4, 0.5) is 4.39 Å². The molecule has 0 aliphatic carbocycles. The molecule has 1 aromatic rings. The number of benzene rings is 1. The SMILES string of the molecule is CC1OCCC1SCC(=O)Cc1ccccc1F. The van der Waals surface area contributed by atoms with E-state index < -0.39 is 0 Å². The maximum Gasteiger partial charge on any atom is 0.147 e. The molecule has 0 amide bonds. The molecular weight excluding hydrogens is 251 g/mol. The predicted molar refractivity (Wildman–Crippen MR) is 71.4 cm³/mol. The number of ether oxygens (including phenoxy) is 1. The van der Waals surface area contributed by atoms with Gasteiger partial charge in [0.05, 0.1) is 11.9 Å². The van der Waals surface area contributed by atoms with E-state index in [1.165, 1.54) is 6.07 Å². The van der Waals surface area contributed by atoms with E-state index in [1.807, 2.05) is 6.92 Å². The molecule has 0 radical (unpaired) electrons. The van der Waals surface area contributed by atoms with Crippen LogP contribution in [0.1, 0.15) is 18.9 Å². The molecule has 2 rings (SSSR count). The van der Waals surface area contributed by atoms with E-state index in [0.717, 1.165) is 13.0 Å². The predicted octanol–water partition coefficient (Wildman–Crippen LogP) is 2.85. The average molecular weight is 268 g/mol. The number of rotatable bonds is 5. The van der Waals surface area contributed by atoms with E-state index in [4.69, 9.17) is 4.74 Å². The second-order valence-corrected chi connectivity index (χ2v) is 5.75. The summed E-state index contributed by atoms with van der Waals surface area (Å²) < 4.78 is 18.8. The van der Waals surface area contributed by atoms with Crippen molar-refractivity contribution >= 4 is 17.5 Å². The molecule has 1 saturated heterocycles. The fourth-order valence-corrected chi connectivity index (χ4v) is 3.15. The van der Waals surface area contributed by atoms with Crippen molar-refractivity contribution in [3.63, 3.8) is 0 Å². The van der Waals surface area contributed by atoms with Gasteiger partial charge >= 0.3 is 0 Å². The van der Waals surface area contributed by atoms with Gasteiger partial charge in [0.1, 0.15) is 11.6 Å². The highest BCUT2D eigenvalue weighted by molar-refractivity contribution is 8.00. The van der Waals surface area contributed by atoms with E-state index in [0.29, 0.717) is 16.6 Å². The van der Waals surface area contributed by atoms with Gasteiger partial charge in [-0.1, -0.05) is 18.2 Å². The van der Waals surface area contributed by atoms with Gasteiger partial charge in [-0.05, 0) is 25.0 Å². The minimum Gasteiger partial charge on any atom is -0.377 e. The first kappa shape index (κ1) is 13.6. The van der Waals surface area contributed by atoms with Crippen LogP contribution >= 0.6 is 11.8 Å². The van der Waals surface area contributed by atoms with Gasteiger partial charge in [0.2, 0.25) is 0 Å². The highest BCUT2D eigenvalue weighted by Crippen LogP contribution is 2.26. The van der Waals surface area contributed by atoms with Crippen molar-refractivity contribution < 1.29 is 13.9 Å². The summed E-state index contributed by atoms with van der Waals surface area (Å²) >= 11 is 1.63. The molecule has 1 fully saturated rings. The number of hydrogen-bond acceptors (Lipinski definition) is 3. The third-order valence-electron chi connectivity index (χ3n) is 3.11. The standard InChI is InChI=1S/C14H17FO2S/c1-10-14(6-7-17-10)18-9-12(16)8-11-4-2-3-5-13(11)15/h2-5,10,14H,6-9H2,1H3. The molecule has 98 valence electrons. The molecule has 1 aromatic carbocycles. The van der Waals surface area contributed by atoms with Gasteiger partial charge < -0.3 is 4.74 Å². The van der Waals surface area contributed by atoms with Crippen LogP contribution in [0.3, 0.4) is 0 Å². The van der Waals surface area contributed by atoms with Crippen LogP contribution in [0.25, 0.3) is 0 Å². The molecule has 1 aliphatic heterocycles. The van der Waals surface area contributed by atoms with E-state index in [1.54, 1.807) is 30.0 Å². The van der Waals surface area contributed by atoms with Crippen molar-refractivity contribution in [1.82, 2.24) is 0 Å². The summed E-state index contributed by atoms with van der Waals surface area (Å²) in [6.45, 7) is 2.81. The maximum absolute atomic E-state index is 13.4. The van der Waals surface area contributed by atoms with Gasteiger partial charge in [0.15, 0.2) is 0 Å². The van der Waals surface area contributed by atoms with Crippen molar-refractivity contribution in [1.29, 1.82) is 0 Å². The molecule has 0 spiro atoms. The van der Waals surface area contributed by atoms with Crippen LogP contribution in [0.15, 0.2) is 24.3 Å². The van der Waals surface area contributed by atoms with Gasteiger partial charge in [-0.3, -0.25) is 4.79 Å². The smallest absolute Gasteiger partial charge is 0.147 e. The molecule has 2 unspecified atom stereocenters. The quantitative estimate of drug-likeness (QED) is 0.821. The van der Waals surface area contributed by atoms with E-state index in [2.05, 4.69) is 0 Å².